The molecule has 1 aromatic heterocycles. The molecule has 7 heteroatoms. The van der Waals surface area contributed by atoms with Crippen LogP contribution in [-0.2, 0) is 6.42 Å². The highest BCUT2D eigenvalue weighted by molar-refractivity contribution is 7.18. The van der Waals surface area contributed by atoms with Gasteiger partial charge in [-0.05, 0) is 48.9 Å². The highest BCUT2D eigenvalue weighted by Crippen LogP contribution is 2.35. The highest BCUT2D eigenvalue weighted by atomic mass is 32.1. The fourth-order valence-corrected chi connectivity index (χ4v) is 4.62. The van der Waals surface area contributed by atoms with Crippen LogP contribution in [0, 0.1) is 5.92 Å². The lowest BCUT2D eigenvalue weighted by atomic mass is 10.0. The summed E-state index contributed by atoms with van der Waals surface area (Å²) in [6.07, 6.45) is 4.19. The maximum absolute atomic E-state index is 12.9. The maximum Gasteiger partial charge on any atom is 0.316 e. The van der Waals surface area contributed by atoms with Gasteiger partial charge < -0.3 is 21.7 Å². The number of carbonyl (C=O) groups is 2. The van der Waals surface area contributed by atoms with Crippen molar-refractivity contribution < 1.29 is 9.59 Å². The summed E-state index contributed by atoms with van der Waals surface area (Å²) in [6, 6.07) is 9.61. The molecule has 1 aliphatic heterocycles. The molecule has 2 aromatic rings. The van der Waals surface area contributed by atoms with E-state index in [1.165, 1.54) is 16.9 Å². The summed E-state index contributed by atoms with van der Waals surface area (Å²) >= 11 is 1.37. The summed E-state index contributed by atoms with van der Waals surface area (Å²) < 4.78 is 0. The molecule has 3 amide bonds. The number of amides is 3. The zero-order chi connectivity index (χ0) is 20.8. The Morgan fingerprint density at radius 1 is 1.24 bits per heavy atom. The number of benzene rings is 1. The van der Waals surface area contributed by atoms with Crippen molar-refractivity contribution >= 4 is 29.0 Å². The summed E-state index contributed by atoms with van der Waals surface area (Å²) in [5.74, 6) is 0.429. The third-order valence-corrected chi connectivity index (χ3v) is 6.14. The van der Waals surface area contributed by atoms with E-state index >= 15 is 0 Å². The summed E-state index contributed by atoms with van der Waals surface area (Å²) in [4.78, 5) is 25.8. The van der Waals surface area contributed by atoms with E-state index in [0.29, 0.717) is 16.5 Å². The van der Waals surface area contributed by atoms with Crippen LogP contribution in [0.1, 0.15) is 48.3 Å². The van der Waals surface area contributed by atoms with Crippen molar-refractivity contribution in [1.82, 2.24) is 10.6 Å². The fraction of sp³-hybridized carbons (Fsp3) is 0.455. The van der Waals surface area contributed by atoms with Crippen LogP contribution >= 0.6 is 11.3 Å². The lowest BCUT2D eigenvalue weighted by molar-refractivity contribution is 0.0940. The van der Waals surface area contributed by atoms with Crippen molar-refractivity contribution in [3.8, 4) is 10.4 Å². The van der Waals surface area contributed by atoms with Crippen LogP contribution in [0.3, 0.4) is 0 Å². The van der Waals surface area contributed by atoms with Crippen molar-refractivity contribution in [2.45, 2.75) is 45.6 Å². The molecule has 156 valence electrons. The second-order valence-electron chi connectivity index (χ2n) is 8.01. The second kappa shape index (κ2) is 9.89. The Labute approximate surface area is 176 Å². The van der Waals surface area contributed by atoms with Gasteiger partial charge in [-0.3, -0.25) is 4.79 Å². The number of thiophene rings is 1. The minimum absolute atomic E-state index is 0.0901. The molecule has 29 heavy (non-hydrogen) atoms. The fourth-order valence-electron chi connectivity index (χ4n) is 3.60. The molecule has 0 unspecified atom stereocenters. The van der Waals surface area contributed by atoms with Crippen LogP contribution in [-0.4, -0.2) is 31.1 Å². The average molecular weight is 415 g/mol. The van der Waals surface area contributed by atoms with E-state index in [2.05, 4.69) is 54.1 Å². The van der Waals surface area contributed by atoms with Crippen LogP contribution in [0.2, 0.25) is 0 Å². The smallest absolute Gasteiger partial charge is 0.316 e. The Balaban J connectivity index is 1.81. The summed E-state index contributed by atoms with van der Waals surface area (Å²) in [5.41, 5.74) is 8.09. The van der Waals surface area contributed by atoms with Gasteiger partial charge in [-0.15, -0.1) is 11.3 Å². The van der Waals surface area contributed by atoms with E-state index in [1.807, 2.05) is 6.07 Å². The zero-order valence-corrected chi connectivity index (χ0v) is 17.9. The monoisotopic (exact) mass is 414 g/mol. The Morgan fingerprint density at radius 3 is 2.69 bits per heavy atom. The molecule has 1 aliphatic rings. The highest BCUT2D eigenvalue weighted by Gasteiger charge is 2.21. The van der Waals surface area contributed by atoms with Crippen LogP contribution in [0.5, 0.6) is 0 Å². The number of hydrogen-bond acceptors (Lipinski definition) is 4. The lowest BCUT2D eigenvalue weighted by Crippen LogP contribution is -2.40. The number of anilines is 1. The van der Waals surface area contributed by atoms with Gasteiger partial charge in [-0.2, -0.15) is 0 Å². The number of rotatable bonds is 6. The van der Waals surface area contributed by atoms with Crippen LogP contribution in [0.15, 0.2) is 30.3 Å². The van der Waals surface area contributed by atoms with Gasteiger partial charge in [0, 0.05) is 17.5 Å². The quantitative estimate of drug-likeness (QED) is 0.576. The first-order chi connectivity index (χ1) is 13.9. The standard InChI is InChI=1S/C22H30N4O2S/c1-14(2)11-15-6-8-16(9-7-15)19-12-18(26-22(23)28)20(29-19)21(27)25-17-5-3-4-10-24-13-17/h6-9,12,14,17,24H,3-5,10-11,13H2,1-2H3,(H,25,27)(H3,23,26,28)/t17-/m0/s1. The molecular weight excluding hydrogens is 384 g/mol. The van der Waals surface area contributed by atoms with E-state index in [9.17, 15) is 9.59 Å². The minimum Gasteiger partial charge on any atom is -0.351 e. The predicted molar refractivity (Wildman–Crippen MR) is 119 cm³/mol. The number of hydrogen-bond donors (Lipinski definition) is 4. The van der Waals surface area contributed by atoms with E-state index in [-0.39, 0.29) is 11.9 Å². The maximum atomic E-state index is 12.9. The van der Waals surface area contributed by atoms with Gasteiger partial charge in [0.2, 0.25) is 0 Å². The molecule has 1 aromatic carbocycles. The molecule has 5 N–H and O–H groups in total. The van der Waals surface area contributed by atoms with E-state index in [0.717, 1.165) is 49.2 Å². The van der Waals surface area contributed by atoms with E-state index < -0.39 is 6.03 Å². The van der Waals surface area contributed by atoms with Crippen molar-refractivity contribution in [2.24, 2.45) is 11.7 Å². The van der Waals surface area contributed by atoms with Gasteiger partial charge in [0.05, 0.1) is 5.69 Å². The molecule has 0 bridgehead atoms. The molecule has 1 atom stereocenters. The van der Waals surface area contributed by atoms with E-state index in [1.54, 1.807) is 0 Å². The van der Waals surface area contributed by atoms with Crippen LogP contribution < -0.4 is 21.7 Å². The third kappa shape index (κ3) is 6.05. The molecule has 0 aliphatic carbocycles. The van der Waals surface area contributed by atoms with E-state index in [4.69, 9.17) is 5.73 Å². The molecule has 1 fully saturated rings. The SMILES string of the molecule is CC(C)Cc1ccc(-c2cc(NC(N)=O)c(C(=O)N[C@H]3CCCCNC3)s2)cc1. The number of nitrogens with one attached hydrogen (secondary N) is 3. The molecule has 6 nitrogen and oxygen atoms in total. The predicted octanol–water partition coefficient (Wildman–Crippen LogP) is 3.98. The van der Waals surface area contributed by atoms with Crippen LogP contribution in [0.4, 0.5) is 10.5 Å². The zero-order valence-electron chi connectivity index (χ0n) is 17.1. The first kappa shape index (κ1) is 21.3. The van der Waals surface area contributed by atoms with Crippen molar-refractivity contribution in [3.63, 3.8) is 0 Å². The van der Waals surface area contributed by atoms with Gasteiger partial charge in [-0.25, -0.2) is 4.79 Å². The molecule has 1 saturated heterocycles. The molecule has 0 spiro atoms. The summed E-state index contributed by atoms with van der Waals surface area (Å²) in [7, 11) is 0. The number of primary amides is 1. The number of carbonyl (C=O) groups excluding carboxylic acids is 2. The first-order valence-corrected chi connectivity index (χ1v) is 11.0. The number of nitrogens with two attached hydrogens (primary N) is 1. The van der Waals surface area contributed by atoms with Crippen LogP contribution in [0.25, 0.3) is 10.4 Å². The summed E-state index contributed by atoms with van der Waals surface area (Å²) in [5, 5.41) is 9.06. The molecule has 2 heterocycles. The van der Waals surface area contributed by atoms with Gasteiger partial charge >= 0.3 is 6.03 Å². The molecular formula is C22H30N4O2S. The summed E-state index contributed by atoms with van der Waals surface area (Å²) in [6.45, 7) is 6.14. The average Bonchev–Trinajstić information content (AvgIpc) is 2.90. The second-order valence-corrected chi connectivity index (χ2v) is 9.06. The van der Waals surface area contributed by atoms with Gasteiger partial charge in [0.15, 0.2) is 0 Å². The van der Waals surface area contributed by atoms with Gasteiger partial charge in [0.1, 0.15) is 4.88 Å². The largest absolute Gasteiger partial charge is 0.351 e. The Morgan fingerprint density at radius 2 is 2.00 bits per heavy atom. The lowest BCUT2D eigenvalue weighted by Gasteiger charge is -2.16. The van der Waals surface area contributed by atoms with Crippen molar-refractivity contribution in [3.05, 3.63) is 40.8 Å². The minimum atomic E-state index is -0.674. The normalized spacial score (nSPS) is 17.0. The Bertz CT molecular complexity index is 837. The van der Waals surface area contributed by atoms with Crippen molar-refractivity contribution in [1.29, 1.82) is 0 Å². The third-order valence-electron chi connectivity index (χ3n) is 4.96. The molecule has 0 radical (unpaired) electrons. The van der Waals surface area contributed by atoms with Gasteiger partial charge in [-0.1, -0.05) is 44.5 Å². The number of urea groups is 1. The topological polar surface area (TPSA) is 96.2 Å². The molecule has 3 rings (SSSR count). The Hall–Kier alpha value is -2.38. The Kier molecular flexibility index (Phi) is 7.28. The van der Waals surface area contributed by atoms with Gasteiger partial charge in [0.25, 0.3) is 5.91 Å². The first-order valence-electron chi connectivity index (χ1n) is 10.2. The molecule has 0 saturated carbocycles. The van der Waals surface area contributed by atoms with Crippen molar-refractivity contribution in [2.75, 3.05) is 18.4 Å².